The van der Waals surface area contributed by atoms with Crippen molar-refractivity contribution in [2.75, 3.05) is 7.11 Å². The Bertz CT molecular complexity index is 1180. The molecule has 8 heteroatoms. The molecule has 3 heterocycles. The molecule has 0 aliphatic rings. The van der Waals surface area contributed by atoms with Gasteiger partial charge in [0, 0.05) is 28.9 Å². The van der Waals surface area contributed by atoms with Gasteiger partial charge in [0.05, 0.1) is 35.4 Å². The Morgan fingerprint density at radius 2 is 2.11 bits per heavy atom. The number of fused-ring (bicyclic) bond motifs is 1. The van der Waals surface area contributed by atoms with Crippen molar-refractivity contribution < 1.29 is 14.5 Å². The van der Waals surface area contributed by atoms with E-state index < -0.39 is 5.97 Å². The van der Waals surface area contributed by atoms with Gasteiger partial charge in [-0.25, -0.2) is 4.79 Å². The quantitative estimate of drug-likeness (QED) is 0.283. The van der Waals surface area contributed by atoms with Crippen molar-refractivity contribution in [1.82, 2.24) is 9.55 Å². The van der Waals surface area contributed by atoms with Crippen LogP contribution in [0.1, 0.15) is 16.1 Å². The third-order valence-corrected chi connectivity index (χ3v) is 5.33. The van der Waals surface area contributed by atoms with Gasteiger partial charge in [0.25, 0.3) is 0 Å². The summed E-state index contributed by atoms with van der Waals surface area (Å²) in [5.41, 5.74) is 3.35. The largest absolute Gasteiger partial charge is 0.465 e. The number of pyridine rings is 1. The molecule has 0 aliphatic carbocycles. The van der Waals surface area contributed by atoms with E-state index in [4.69, 9.17) is 4.74 Å². The van der Waals surface area contributed by atoms with Crippen LogP contribution in [-0.4, -0.2) is 27.6 Å². The molecule has 3 aromatic heterocycles. The van der Waals surface area contributed by atoms with Gasteiger partial charge in [0.1, 0.15) is 0 Å². The molecule has 1 aromatic carbocycles. The summed E-state index contributed by atoms with van der Waals surface area (Å²) in [5.74, 6) is -0.435. The van der Waals surface area contributed by atoms with Crippen molar-refractivity contribution in [2.24, 2.45) is 0 Å². The minimum atomic E-state index is -0.435. The van der Waals surface area contributed by atoms with Crippen LogP contribution in [0.25, 0.3) is 22.0 Å². The van der Waals surface area contributed by atoms with E-state index in [2.05, 4.69) is 4.98 Å². The third kappa shape index (κ3) is 3.14. The molecule has 0 saturated heterocycles. The molecule has 0 fully saturated rings. The predicted octanol–water partition coefficient (Wildman–Crippen LogP) is 4.51. The van der Waals surface area contributed by atoms with E-state index in [0.717, 1.165) is 33.5 Å². The van der Waals surface area contributed by atoms with Crippen LogP contribution >= 0.6 is 11.3 Å². The number of ether oxygens (including phenoxy) is 1. The molecule has 0 spiro atoms. The molecular formula is C20H15N3O4S. The van der Waals surface area contributed by atoms with Crippen molar-refractivity contribution in [2.45, 2.75) is 6.54 Å². The second kappa shape index (κ2) is 7.24. The Balaban J connectivity index is 1.92. The van der Waals surface area contributed by atoms with Gasteiger partial charge >= 0.3 is 11.0 Å². The lowest BCUT2D eigenvalue weighted by Gasteiger charge is -2.06. The molecule has 0 radical (unpaired) electrons. The second-order valence-corrected chi connectivity index (χ2v) is 7.01. The monoisotopic (exact) mass is 393 g/mol. The van der Waals surface area contributed by atoms with Gasteiger partial charge < -0.3 is 9.30 Å². The van der Waals surface area contributed by atoms with Crippen LogP contribution in [0.5, 0.6) is 0 Å². The fourth-order valence-electron chi connectivity index (χ4n) is 3.20. The standard InChI is InChI=1S/C20H15N3O4S/c1-27-20(24)13-5-6-15-17(16-7-9-28-19(16)23(25)26)12-22(18(15)10-13)11-14-4-2-3-8-21-14/h2-10,12H,11H2,1H3. The van der Waals surface area contributed by atoms with Crippen molar-refractivity contribution in [1.29, 1.82) is 0 Å². The van der Waals surface area contributed by atoms with Crippen LogP contribution in [0.15, 0.2) is 60.2 Å². The van der Waals surface area contributed by atoms with E-state index in [9.17, 15) is 14.9 Å². The fourth-order valence-corrected chi connectivity index (χ4v) is 3.92. The number of esters is 1. The third-order valence-electron chi connectivity index (χ3n) is 4.46. The summed E-state index contributed by atoms with van der Waals surface area (Å²) < 4.78 is 6.77. The van der Waals surface area contributed by atoms with Crippen LogP contribution in [0, 0.1) is 10.1 Å². The van der Waals surface area contributed by atoms with Gasteiger partial charge in [-0.15, -0.1) is 0 Å². The van der Waals surface area contributed by atoms with Crippen LogP contribution in [0.2, 0.25) is 0 Å². The van der Waals surface area contributed by atoms with E-state index in [1.807, 2.05) is 29.0 Å². The molecule has 0 atom stereocenters. The highest BCUT2D eigenvalue weighted by Crippen LogP contribution is 2.40. The second-order valence-electron chi connectivity index (χ2n) is 6.11. The molecule has 0 N–H and O–H groups in total. The number of hydrogen-bond acceptors (Lipinski definition) is 6. The molecule has 4 aromatic rings. The van der Waals surface area contributed by atoms with E-state index in [-0.39, 0.29) is 9.92 Å². The molecule has 4 rings (SSSR count). The summed E-state index contributed by atoms with van der Waals surface area (Å²) >= 11 is 1.09. The Morgan fingerprint density at radius 3 is 2.82 bits per heavy atom. The summed E-state index contributed by atoms with van der Waals surface area (Å²) in [7, 11) is 1.33. The molecule has 140 valence electrons. The minimum Gasteiger partial charge on any atom is -0.465 e. The van der Waals surface area contributed by atoms with Gasteiger partial charge in [-0.2, -0.15) is 0 Å². The normalized spacial score (nSPS) is 10.9. The average molecular weight is 393 g/mol. The van der Waals surface area contributed by atoms with Crippen LogP contribution in [-0.2, 0) is 11.3 Å². The Morgan fingerprint density at radius 1 is 1.25 bits per heavy atom. The maximum atomic E-state index is 12.0. The maximum absolute atomic E-state index is 12.0. The predicted molar refractivity (Wildman–Crippen MR) is 107 cm³/mol. The Kier molecular flexibility index (Phi) is 4.62. The van der Waals surface area contributed by atoms with E-state index in [0.29, 0.717) is 17.7 Å². The topological polar surface area (TPSA) is 87.3 Å². The minimum absolute atomic E-state index is 0.0916. The number of hydrogen-bond donors (Lipinski definition) is 0. The van der Waals surface area contributed by atoms with E-state index in [1.165, 1.54) is 7.11 Å². The number of aromatic nitrogens is 2. The Hall–Kier alpha value is -3.52. The lowest BCUT2D eigenvalue weighted by molar-refractivity contribution is -0.379. The summed E-state index contributed by atoms with van der Waals surface area (Å²) in [5, 5.41) is 14.0. The van der Waals surface area contributed by atoms with Gasteiger partial charge in [-0.05, 0) is 35.7 Å². The lowest BCUT2D eigenvalue weighted by atomic mass is 10.1. The van der Waals surface area contributed by atoms with Crippen LogP contribution < -0.4 is 0 Å². The molecule has 7 nitrogen and oxygen atoms in total. The smallest absolute Gasteiger partial charge is 0.337 e. The van der Waals surface area contributed by atoms with Gasteiger partial charge in [-0.1, -0.05) is 23.5 Å². The molecule has 28 heavy (non-hydrogen) atoms. The van der Waals surface area contributed by atoms with Crippen molar-refractivity contribution in [3.05, 3.63) is 81.6 Å². The fraction of sp³-hybridized carbons (Fsp3) is 0.100. The van der Waals surface area contributed by atoms with Crippen molar-refractivity contribution >= 4 is 33.2 Å². The van der Waals surface area contributed by atoms with Crippen LogP contribution in [0.3, 0.4) is 0 Å². The molecule has 0 bridgehead atoms. The summed E-state index contributed by atoms with van der Waals surface area (Å²) in [4.78, 5) is 27.4. The molecule has 0 unspecified atom stereocenters. The van der Waals surface area contributed by atoms with Gasteiger partial charge in [0.2, 0.25) is 0 Å². The molecular weight excluding hydrogens is 378 g/mol. The number of rotatable bonds is 5. The van der Waals surface area contributed by atoms with Crippen molar-refractivity contribution in [3.63, 3.8) is 0 Å². The maximum Gasteiger partial charge on any atom is 0.337 e. The number of methoxy groups -OCH3 is 1. The highest BCUT2D eigenvalue weighted by Gasteiger charge is 2.22. The summed E-state index contributed by atoms with van der Waals surface area (Å²) in [6.07, 6.45) is 3.58. The average Bonchev–Trinajstić information content (AvgIpc) is 3.33. The first kappa shape index (κ1) is 17.9. The first-order chi connectivity index (χ1) is 13.6. The van der Waals surface area contributed by atoms with E-state index >= 15 is 0 Å². The first-order valence-corrected chi connectivity index (χ1v) is 9.30. The highest BCUT2D eigenvalue weighted by molar-refractivity contribution is 7.14. The van der Waals surface area contributed by atoms with Crippen LogP contribution in [0.4, 0.5) is 5.00 Å². The molecule has 0 saturated carbocycles. The number of benzene rings is 1. The SMILES string of the molecule is COC(=O)c1ccc2c(-c3ccsc3[N+](=O)[O-])cn(Cc3ccccn3)c2c1. The lowest BCUT2D eigenvalue weighted by Crippen LogP contribution is -2.03. The first-order valence-electron chi connectivity index (χ1n) is 8.42. The number of nitro groups is 1. The molecule has 0 amide bonds. The summed E-state index contributed by atoms with van der Waals surface area (Å²) in [6.45, 7) is 0.472. The zero-order chi connectivity index (χ0) is 19.7. The zero-order valence-corrected chi connectivity index (χ0v) is 15.7. The summed E-state index contributed by atoms with van der Waals surface area (Å²) in [6, 6.07) is 12.6. The number of carbonyl (C=O) groups is 1. The van der Waals surface area contributed by atoms with Gasteiger partial charge in [0.15, 0.2) is 0 Å². The number of carbonyl (C=O) groups excluding carboxylic acids is 1. The van der Waals surface area contributed by atoms with E-state index in [1.54, 1.807) is 35.8 Å². The number of thiophene rings is 1. The van der Waals surface area contributed by atoms with Crippen molar-refractivity contribution in [3.8, 4) is 11.1 Å². The number of nitrogens with zero attached hydrogens (tertiary/aromatic N) is 3. The highest BCUT2D eigenvalue weighted by atomic mass is 32.1. The zero-order valence-electron chi connectivity index (χ0n) is 14.9. The molecule has 0 aliphatic heterocycles. The Labute approximate surface area is 164 Å². The van der Waals surface area contributed by atoms with Gasteiger partial charge in [-0.3, -0.25) is 15.1 Å².